The summed E-state index contributed by atoms with van der Waals surface area (Å²) < 4.78 is 16.7. The molecule has 1 aliphatic heterocycles. The number of para-hydroxylation sites is 2. The monoisotopic (exact) mass is 391 g/mol. The maximum absolute atomic E-state index is 12.2. The SMILES string of the molecule is O=C([O-])c1cccc(-c2ccc(/C=N\NC(=O)[C@H]3COc4ccccc4O3)o2)c1. The number of fused-ring (bicyclic) bond motifs is 1. The van der Waals surface area contributed by atoms with Gasteiger partial charge < -0.3 is 23.8 Å². The number of carbonyl (C=O) groups excluding carboxylic acids is 2. The van der Waals surface area contributed by atoms with Crippen molar-refractivity contribution in [2.45, 2.75) is 6.10 Å². The van der Waals surface area contributed by atoms with Crippen LogP contribution in [0, 0.1) is 0 Å². The van der Waals surface area contributed by atoms with Gasteiger partial charge in [0, 0.05) is 5.56 Å². The van der Waals surface area contributed by atoms with Crippen molar-refractivity contribution in [1.82, 2.24) is 5.43 Å². The Balaban J connectivity index is 1.37. The van der Waals surface area contributed by atoms with Crippen LogP contribution in [0.5, 0.6) is 11.5 Å². The molecule has 0 bridgehead atoms. The van der Waals surface area contributed by atoms with Gasteiger partial charge in [0.2, 0.25) is 6.10 Å². The molecule has 29 heavy (non-hydrogen) atoms. The van der Waals surface area contributed by atoms with Crippen LogP contribution in [0.15, 0.2) is 70.2 Å². The molecule has 1 atom stereocenters. The first-order chi connectivity index (χ1) is 14.1. The minimum absolute atomic E-state index is 0.0534. The van der Waals surface area contributed by atoms with Gasteiger partial charge in [-0.15, -0.1) is 0 Å². The molecule has 0 spiro atoms. The van der Waals surface area contributed by atoms with Crippen molar-refractivity contribution >= 4 is 18.1 Å². The molecule has 1 amide bonds. The van der Waals surface area contributed by atoms with E-state index in [9.17, 15) is 14.7 Å². The first-order valence-electron chi connectivity index (χ1n) is 8.73. The fourth-order valence-electron chi connectivity index (χ4n) is 2.76. The maximum atomic E-state index is 12.2. The van der Waals surface area contributed by atoms with Crippen molar-refractivity contribution in [1.29, 1.82) is 0 Å². The summed E-state index contributed by atoms with van der Waals surface area (Å²) in [6.07, 6.45) is 0.517. The zero-order valence-electron chi connectivity index (χ0n) is 15.0. The number of nitrogens with zero attached hydrogens (tertiary/aromatic N) is 1. The van der Waals surface area contributed by atoms with Gasteiger partial charge in [0.05, 0.1) is 12.2 Å². The van der Waals surface area contributed by atoms with Gasteiger partial charge in [0.15, 0.2) is 11.5 Å². The number of hydrogen-bond donors (Lipinski definition) is 1. The molecule has 0 fully saturated rings. The number of hydrogen-bond acceptors (Lipinski definition) is 7. The minimum Gasteiger partial charge on any atom is -0.545 e. The molecular weight excluding hydrogens is 376 g/mol. The Morgan fingerprint density at radius 1 is 1.07 bits per heavy atom. The molecule has 1 aliphatic rings. The average Bonchev–Trinajstić information content (AvgIpc) is 3.22. The van der Waals surface area contributed by atoms with Crippen LogP contribution < -0.4 is 20.0 Å². The Labute approximate surface area is 165 Å². The number of benzene rings is 2. The van der Waals surface area contributed by atoms with Crippen LogP contribution in [0.4, 0.5) is 0 Å². The molecule has 0 unspecified atom stereocenters. The van der Waals surface area contributed by atoms with Gasteiger partial charge in [0.1, 0.15) is 18.1 Å². The third-order valence-electron chi connectivity index (χ3n) is 4.18. The molecule has 3 aromatic rings. The minimum atomic E-state index is -1.26. The lowest BCUT2D eigenvalue weighted by Gasteiger charge is -2.24. The van der Waals surface area contributed by atoms with E-state index in [4.69, 9.17) is 13.9 Å². The number of nitrogens with one attached hydrogen (secondary N) is 1. The number of carboxylic acid groups (broad SMARTS) is 1. The Bertz CT molecular complexity index is 1090. The van der Waals surface area contributed by atoms with Crippen LogP contribution in [0.25, 0.3) is 11.3 Å². The summed E-state index contributed by atoms with van der Waals surface area (Å²) in [4.78, 5) is 23.2. The van der Waals surface area contributed by atoms with Gasteiger partial charge in [-0.1, -0.05) is 30.3 Å². The number of amides is 1. The zero-order valence-corrected chi connectivity index (χ0v) is 15.0. The Hall–Kier alpha value is -4.07. The summed E-state index contributed by atoms with van der Waals surface area (Å²) in [5.74, 6) is 0.207. The van der Waals surface area contributed by atoms with E-state index in [1.807, 2.05) is 6.07 Å². The quantitative estimate of drug-likeness (QED) is 0.522. The highest BCUT2D eigenvalue weighted by atomic mass is 16.6. The van der Waals surface area contributed by atoms with Crippen molar-refractivity contribution in [3.8, 4) is 22.8 Å². The molecule has 0 aliphatic carbocycles. The number of aromatic carboxylic acids is 1. The highest BCUT2D eigenvalue weighted by Crippen LogP contribution is 2.30. The van der Waals surface area contributed by atoms with Crippen molar-refractivity contribution < 1.29 is 28.6 Å². The second kappa shape index (κ2) is 7.89. The molecule has 1 N–H and O–H groups in total. The van der Waals surface area contributed by atoms with Gasteiger partial charge in [-0.2, -0.15) is 5.10 Å². The fraction of sp³-hybridized carbons (Fsp3) is 0.0952. The van der Waals surface area contributed by atoms with Crippen LogP contribution in [0.3, 0.4) is 0 Å². The van der Waals surface area contributed by atoms with Crippen molar-refractivity contribution in [3.05, 3.63) is 72.0 Å². The number of carbonyl (C=O) groups is 2. The van der Waals surface area contributed by atoms with Crippen LogP contribution in [-0.4, -0.2) is 30.8 Å². The Kier molecular flexibility index (Phi) is 4.98. The standard InChI is InChI=1S/C21H16N2O6/c24-20(19-12-27-17-6-1-2-7-18(17)29-19)23-22-11-15-8-9-16(28-15)13-4-3-5-14(10-13)21(25)26/h1-11,19H,12H2,(H,23,24)(H,25,26)/p-1/b22-11-/t19-/m1/s1. The molecule has 8 nitrogen and oxygen atoms in total. The Morgan fingerprint density at radius 2 is 1.90 bits per heavy atom. The normalized spacial score (nSPS) is 15.2. The number of rotatable bonds is 5. The molecule has 1 aromatic heterocycles. The van der Waals surface area contributed by atoms with Crippen molar-refractivity contribution in [2.24, 2.45) is 5.10 Å². The molecule has 8 heteroatoms. The lowest BCUT2D eigenvalue weighted by molar-refractivity contribution is -0.255. The molecule has 146 valence electrons. The van der Waals surface area contributed by atoms with Crippen LogP contribution in [-0.2, 0) is 4.79 Å². The number of ether oxygens (including phenoxy) is 2. The second-order valence-corrected chi connectivity index (χ2v) is 6.17. The molecule has 0 saturated carbocycles. The van der Waals surface area contributed by atoms with Gasteiger partial charge in [-0.25, -0.2) is 5.43 Å². The number of furan rings is 1. The third-order valence-corrected chi connectivity index (χ3v) is 4.18. The summed E-state index contributed by atoms with van der Waals surface area (Å²) in [6.45, 7) is 0.0814. The first kappa shape index (κ1) is 18.3. The predicted molar refractivity (Wildman–Crippen MR) is 101 cm³/mol. The van der Waals surface area contributed by atoms with E-state index < -0.39 is 18.0 Å². The van der Waals surface area contributed by atoms with Gasteiger partial charge >= 0.3 is 0 Å². The van der Waals surface area contributed by atoms with Crippen molar-refractivity contribution in [3.63, 3.8) is 0 Å². The molecule has 2 aromatic carbocycles. The fourth-order valence-corrected chi connectivity index (χ4v) is 2.76. The van der Waals surface area contributed by atoms with E-state index in [0.29, 0.717) is 28.6 Å². The van der Waals surface area contributed by atoms with E-state index >= 15 is 0 Å². The first-order valence-corrected chi connectivity index (χ1v) is 8.73. The summed E-state index contributed by atoms with van der Waals surface area (Å²) in [6, 6.07) is 16.6. The van der Waals surface area contributed by atoms with Gasteiger partial charge in [-0.3, -0.25) is 4.79 Å². The molecule has 2 heterocycles. The van der Waals surface area contributed by atoms with E-state index in [1.165, 1.54) is 18.3 Å². The summed E-state index contributed by atoms with van der Waals surface area (Å²) >= 11 is 0. The van der Waals surface area contributed by atoms with Gasteiger partial charge in [-0.05, 0) is 35.9 Å². The number of hydrazone groups is 1. The lowest BCUT2D eigenvalue weighted by atomic mass is 10.1. The summed E-state index contributed by atoms with van der Waals surface area (Å²) in [7, 11) is 0. The van der Waals surface area contributed by atoms with E-state index in [-0.39, 0.29) is 12.2 Å². The highest BCUT2D eigenvalue weighted by molar-refractivity contribution is 5.88. The molecule has 4 rings (SSSR count). The molecule has 0 radical (unpaired) electrons. The second-order valence-electron chi connectivity index (χ2n) is 6.17. The van der Waals surface area contributed by atoms with Crippen molar-refractivity contribution in [2.75, 3.05) is 6.61 Å². The van der Waals surface area contributed by atoms with Crippen LogP contribution >= 0.6 is 0 Å². The Morgan fingerprint density at radius 3 is 2.72 bits per heavy atom. The number of carboxylic acids is 1. The predicted octanol–water partition coefficient (Wildman–Crippen LogP) is 1.60. The zero-order chi connectivity index (χ0) is 20.2. The van der Waals surface area contributed by atoms with E-state index in [1.54, 1.807) is 42.5 Å². The topological polar surface area (TPSA) is 113 Å². The van der Waals surface area contributed by atoms with Gasteiger partial charge in [0.25, 0.3) is 5.91 Å². The summed E-state index contributed by atoms with van der Waals surface area (Å²) in [5, 5.41) is 14.8. The smallest absolute Gasteiger partial charge is 0.284 e. The molecular formula is C21H15N2O6-. The highest BCUT2D eigenvalue weighted by Gasteiger charge is 2.27. The van der Waals surface area contributed by atoms with Crippen LogP contribution in [0.2, 0.25) is 0 Å². The van der Waals surface area contributed by atoms with Crippen LogP contribution in [0.1, 0.15) is 16.1 Å². The summed E-state index contributed by atoms with van der Waals surface area (Å²) in [5.41, 5.74) is 3.02. The molecule has 0 saturated heterocycles. The largest absolute Gasteiger partial charge is 0.545 e. The maximum Gasteiger partial charge on any atom is 0.284 e. The van der Waals surface area contributed by atoms with E-state index in [2.05, 4.69) is 10.5 Å². The lowest BCUT2D eigenvalue weighted by Crippen LogP contribution is -2.42. The third kappa shape index (κ3) is 4.11. The van der Waals surface area contributed by atoms with E-state index in [0.717, 1.165) is 0 Å². The average molecular weight is 391 g/mol.